The van der Waals surface area contributed by atoms with Crippen LogP contribution in [0.2, 0.25) is 0 Å². The summed E-state index contributed by atoms with van der Waals surface area (Å²) in [5, 5.41) is 24.3. The van der Waals surface area contributed by atoms with Crippen LogP contribution >= 0.6 is 0 Å². The Hall–Kier alpha value is -0.420. The van der Waals surface area contributed by atoms with Gasteiger partial charge in [-0.15, -0.1) is 0 Å². The highest BCUT2D eigenvalue weighted by molar-refractivity contribution is 5.23. The molecule has 8 atom stereocenters. The first-order valence-electron chi connectivity index (χ1n) is 10.7. The van der Waals surface area contributed by atoms with Crippen molar-refractivity contribution in [2.75, 3.05) is 13.2 Å². The first-order chi connectivity index (χ1) is 12.4. The van der Waals surface area contributed by atoms with Gasteiger partial charge in [-0.1, -0.05) is 37.5 Å². The third-order valence-electron chi connectivity index (χ3n) is 9.05. The number of fused-ring (bicyclic) bond motifs is 5. The minimum Gasteiger partial charge on any atom is -0.848 e. The fourth-order valence-corrected chi connectivity index (χ4v) is 7.69. The number of aliphatic hydroxyl groups is 1. The van der Waals surface area contributed by atoms with Crippen LogP contribution in [0.25, 0.3) is 0 Å². The van der Waals surface area contributed by atoms with E-state index in [0.717, 1.165) is 38.5 Å². The maximum atomic E-state index is 14.1. The molecule has 4 heteroatoms. The molecule has 0 radical (unpaired) electrons. The van der Waals surface area contributed by atoms with Gasteiger partial charge in [0.15, 0.2) is 5.79 Å². The molecule has 0 amide bonds. The second kappa shape index (κ2) is 5.79. The van der Waals surface area contributed by atoms with Gasteiger partial charge in [0.25, 0.3) is 0 Å². The zero-order valence-electron chi connectivity index (χ0n) is 16.2. The predicted molar refractivity (Wildman–Crippen MR) is 96.1 cm³/mol. The fourth-order valence-electron chi connectivity index (χ4n) is 7.69. The van der Waals surface area contributed by atoms with Crippen LogP contribution < -0.4 is 5.11 Å². The van der Waals surface area contributed by atoms with Crippen LogP contribution in [0.5, 0.6) is 0 Å². The maximum Gasteiger partial charge on any atom is 0.171 e. The van der Waals surface area contributed by atoms with Crippen LogP contribution in [0.15, 0.2) is 12.2 Å². The number of hydrogen-bond acceptors (Lipinski definition) is 4. The molecule has 5 aliphatic rings. The van der Waals surface area contributed by atoms with Crippen LogP contribution in [0.1, 0.15) is 58.8 Å². The molecule has 26 heavy (non-hydrogen) atoms. The van der Waals surface area contributed by atoms with Crippen molar-refractivity contribution in [1.29, 1.82) is 0 Å². The van der Waals surface area contributed by atoms with Gasteiger partial charge in [-0.05, 0) is 68.1 Å². The second-order valence-corrected chi connectivity index (χ2v) is 10.1. The lowest BCUT2D eigenvalue weighted by Crippen LogP contribution is -2.65. The molecule has 4 nitrogen and oxygen atoms in total. The Morgan fingerprint density at radius 2 is 1.77 bits per heavy atom. The lowest BCUT2D eigenvalue weighted by atomic mass is 9.46. The zero-order valence-corrected chi connectivity index (χ0v) is 16.2. The first kappa shape index (κ1) is 17.7. The van der Waals surface area contributed by atoms with E-state index < -0.39 is 11.4 Å². The summed E-state index contributed by atoms with van der Waals surface area (Å²) in [4.78, 5) is 0. The van der Waals surface area contributed by atoms with E-state index in [9.17, 15) is 10.2 Å². The molecule has 5 unspecified atom stereocenters. The molecule has 0 aromatic carbocycles. The average molecular weight is 362 g/mol. The molecule has 1 heterocycles. The van der Waals surface area contributed by atoms with Gasteiger partial charge in [0.1, 0.15) is 0 Å². The Bertz CT molecular complexity index is 597. The van der Waals surface area contributed by atoms with Crippen LogP contribution in [0.3, 0.4) is 0 Å². The normalized spacial score (nSPS) is 55.2. The molecular weight excluding hydrogens is 328 g/mol. The van der Waals surface area contributed by atoms with E-state index >= 15 is 0 Å². The molecule has 5 rings (SSSR count). The lowest BCUT2D eigenvalue weighted by Gasteiger charge is -2.64. The molecule has 1 saturated heterocycles. The van der Waals surface area contributed by atoms with E-state index in [1.165, 1.54) is 6.42 Å². The summed E-state index contributed by atoms with van der Waals surface area (Å²) in [7, 11) is 0. The lowest BCUT2D eigenvalue weighted by molar-refractivity contribution is -0.521. The molecule has 0 aromatic rings. The molecule has 0 bridgehead atoms. The van der Waals surface area contributed by atoms with E-state index in [4.69, 9.17) is 9.47 Å². The van der Waals surface area contributed by atoms with Crippen molar-refractivity contribution in [1.82, 2.24) is 0 Å². The second-order valence-electron chi connectivity index (χ2n) is 10.1. The quantitative estimate of drug-likeness (QED) is 0.730. The van der Waals surface area contributed by atoms with Crippen molar-refractivity contribution in [3.8, 4) is 0 Å². The van der Waals surface area contributed by atoms with Crippen molar-refractivity contribution in [2.24, 2.45) is 35.0 Å². The molecule has 0 aromatic heterocycles. The summed E-state index contributed by atoms with van der Waals surface area (Å²) < 4.78 is 11.8. The van der Waals surface area contributed by atoms with Crippen LogP contribution in [0.4, 0.5) is 0 Å². The van der Waals surface area contributed by atoms with Gasteiger partial charge in [-0.2, -0.15) is 0 Å². The van der Waals surface area contributed by atoms with Crippen LogP contribution in [-0.4, -0.2) is 35.8 Å². The monoisotopic (exact) mass is 361 g/mol. The molecule has 4 aliphatic carbocycles. The minimum absolute atomic E-state index is 0.112. The van der Waals surface area contributed by atoms with E-state index in [-0.39, 0.29) is 17.9 Å². The van der Waals surface area contributed by atoms with Gasteiger partial charge in [0, 0.05) is 5.92 Å². The molecule has 146 valence electrons. The number of rotatable bonds is 1. The predicted octanol–water partition coefficient (Wildman–Crippen LogP) is 2.64. The summed E-state index contributed by atoms with van der Waals surface area (Å²) >= 11 is 0. The van der Waals surface area contributed by atoms with E-state index in [0.29, 0.717) is 36.4 Å². The summed E-state index contributed by atoms with van der Waals surface area (Å²) in [6.45, 7) is 5.61. The first-order valence-corrected chi connectivity index (χ1v) is 10.7. The van der Waals surface area contributed by atoms with Gasteiger partial charge >= 0.3 is 0 Å². The highest BCUT2D eigenvalue weighted by Crippen LogP contribution is 2.64. The van der Waals surface area contributed by atoms with Gasteiger partial charge < -0.3 is 19.7 Å². The molecule has 1 aliphatic heterocycles. The minimum atomic E-state index is -0.975. The summed E-state index contributed by atoms with van der Waals surface area (Å²) in [6.07, 6.45) is 11.3. The molecule has 1 N–H and O–H groups in total. The Balaban J connectivity index is 1.43. The Kier molecular flexibility index (Phi) is 3.93. The van der Waals surface area contributed by atoms with Gasteiger partial charge in [0.2, 0.25) is 0 Å². The molecule has 0 spiro atoms. The topological polar surface area (TPSA) is 61.8 Å². The van der Waals surface area contributed by atoms with Gasteiger partial charge in [-0.25, -0.2) is 0 Å². The standard InChI is InChI=1S/C22H33O4/c1-20-9-7-15(23)13-14(20)3-4-16-17(20)8-10-22(24)18(16)5-6-19(22)21(2)25-11-12-26-21/h5-6,14-19,23H,3-4,7-13H2,1-2H3/q-1/t14?,15-,16?,17+,18+,19?,20?,22?/m1/s1. The Morgan fingerprint density at radius 3 is 2.54 bits per heavy atom. The highest BCUT2D eigenvalue weighted by Gasteiger charge is 2.59. The summed E-state index contributed by atoms with van der Waals surface area (Å²) in [6, 6.07) is 0. The van der Waals surface area contributed by atoms with E-state index in [1.807, 2.05) is 6.92 Å². The third kappa shape index (κ3) is 2.28. The molecule has 3 saturated carbocycles. The van der Waals surface area contributed by atoms with Crippen molar-refractivity contribution in [3.63, 3.8) is 0 Å². The van der Waals surface area contributed by atoms with Crippen molar-refractivity contribution in [3.05, 3.63) is 12.2 Å². The Labute approximate surface area is 156 Å². The zero-order chi connectivity index (χ0) is 18.2. The number of aliphatic hydroxyl groups excluding tert-OH is 1. The maximum absolute atomic E-state index is 14.1. The van der Waals surface area contributed by atoms with Crippen molar-refractivity contribution < 1.29 is 19.7 Å². The number of ether oxygens (including phenoxy) is 2. The smallest absolute Gasteiger partial charge is 0.171 e. The summed E-state index contributed by atoms with van der Waals surface area (Å²) in [5.74, 6) is 0.941. The van der Waals surface area contributed by atoms with Gasteiger partial charge in [-0.3, -0.25) is 0 Å². The molecular formula is C22H33O4-. The fraction of sp³-hybridized carbons (Fsp3) is 0.909. The van der Waals surface area contributed by atoms with Crippen LogP contribution in [-0.2, 0) is 9.47 Å². The van der Waals surface area contributed by atoms with Crippen LogP contribution in [0, 0.1) is 35.0 Å². The highest BCUT2D eigenvalue weighted by atomic mass is 16.7. The Morgan fingerprint density at radius 1 is 1.00 bits per heavy atom. The largest absolute Gasteiger partial charge is 0.848 e. The van der Waals surface area contributed by atoms with E-state index in [1.54, 1.807) is 0 Å². The van der Waals surface area contributed by atoms with E-state index in [2.05, 4.69) is 19.1 Å². The van der Waals surface area contributed by atoms with Gasteiger partial charge in [0.05, 0.1) is 19.3 Å². The third-order valence-corrected chi connectivity index (χ3v) is 9.05. The number of hydrogen-bond donors (Lipinski definition) is 1. The average Bonchev–Trinajstić information content (AvgIpc) is 3.19. The van der Waals surface area contributed by atoms with Crippen molar-refractivity contribution in [2.45, 2.75) is 76.3 Å². The molecule has 4 fully saturated rings. The summed E-state index contributed by atoms with van der Waals surface area (Å²) in [5.41, 5.74) is -0.669. The van der Waals surface area contributed by atoms with Crippen molar-refractivity contribution >= 4 is 0 Å². The SMILES string of the molecule is CC1(C2C=C[C@H]3C4CCC5C[C@H](O)CCC5(C)[C@H]4CCC23[O-])OCCO1.